The maximum Gasteiger partial charge on any atom is 0.411 e. The van der Waals surface area contributed by atoms with Crippen molar-refractivity contribution >= 4 is 34.3 Å². The predicted octanol–water partition coefficient (Wildman–Crippen LogP) is 7.12. The molecule has 1 aromatic heterocycles. The number of carbonyl (C=O) groups excluding carboxylic acids is 1. The van der Waals surface area contributed by atoms with E-state index in [1.54, 1.807) is 0 Å². The van der Waals surface area contributed by atoms with E-state index in [2.05, 4.69) is 16.0 Å². The van der Waals surface area contributed by atoms with Gasteiger partial charge in [0.05, 0.1) is 22.8 Å². The zero-order valence-corrected chi connectivity index (χ0v) is 19.3. The molecule has 1 N–H and O–H groups in total. The molecule has 1 heterocycles. The van der Waals surface area contributed by atoms with Gasteiger partial charge in [-0.2, -0.15) is 0 Å². The van der Waals surface area contributed by atoms with E-state index in [0.29, 0.717) is 24.1 Å². The maximum atomic E-state index is 12.2. The van der Waals surface area contributed by atoms with E-state index in [1.165, 1.54) is 12.8 Å². The minimum absolute atomic E-state index is 0.0345. The number of benzene rings is 2. The van der Waals surface area contributed by atoms with E-state index in [1.807, 2.05) is 50.2 Å². The lowest BCUT2D eigenvalue weighted by Gasteiger charge is -2.14. The highest BCUT2D eigenvalue weighted by Crippen LogP contribution is 2.42. The predicted molar refractivity (Wildman–Crippen MR) is 129 cm³/mol. The standard InChI is InChI=1S/C26H29ClN2O3/c1-3-31-21-12-13-22-23(14-21)29(15-17-4-5-17)25(24(22)27)19-8-10-20(11-9-19)28-26(30)32-16(2)18-6-7-18/h8-14,16-18H,3-7,15H2,1-2H3,(H,28,30)/t16-/m1/s1. The van der Waals surface area contributed by atoms with Gasteiger partial charge in [-0.1, -0.05) is 23.7 Å². The molecule has 2 fully saturated rings. The van der Waals surface area contributed by atoms with Gasteiger partial charge in [-0.3, -0.25) is 5.32 Å². The Bertz CT molecular complexity index is 1130. The average molecular weight is 453 g/mol. The monoisotopic (exact) mass is 452 g/mol. The average Bonchev–Trinajstić information content (AvgIpc) is 3.68. The molecule has 0 radical (unpaired) electrons. The summed E-state index contributed by atoms with van der Waals surface area (Å²) in [4.78, 5) is 12.2. The number of hydrogen-bond acceptors (Lipinski definition) is 3. The van der Waals surface area contributed by atoms with Gasteiger partial charge in [-0.15, -0.1) is 0 Å². The van der Waals surface area contributed by atoms with Crippen molar-refractivity contribution in [2.24, 2.45) is 11.8 Å². The summed E-state index contributed by atoms with van der Waals surface area (Å²) >= 11 is 6.90. The van der Waals surface area contributed by atoms with Gasteiger partial charge in [-0.05, 0) is 81.2 Å². The number of ether oxygens (including phenoxy) is 2. The van der Waals surface area contributed by atoms with Gasteiger partial charge < -0.3 is 14.0 Å². The summed E-state index contributed by atoms with van der Waals surface area (Å²) in [7, 11) is 0. The summed E-state index contributed by atoms with van der Waals surface area (Å²) in [5.74, 6) is 2.07. The Labute approximate surface area is 193 Å². The highest BCUT2D eigenvalue weighted by atomic mass is 35.5. The first-order valence-electron chi connectivity index (χ1n) is 11.6. The van der Waals surface area contributed by atoms with E-state index in [0.717, 1.165) is 52.3 Å². The highest BCUT2D eigenvalue weighted by molar-refractivity contribution is 6.38. The van der Waals surface area contributed by atoms with Gasteiger partial charge in [0.1, 0.15) is 11.9 Å². The van der Waals surface area contributed by atoms with Crippen molar-refractivity contribution in [1.82, 2.24) is 4.57 Å². The smallest absolute Gasteiger partial charge is 0.411 e. The second kappa shape index (κ2) is 8.70. The van der Waals surface area contributed by atoms with Crippen molar-refractivity contribution in [2.45, 2.75) is 52.2 Å². The minimum atomic E-state index is -0.401. The molecule has 5 rings (SSSR count). The summed E-state index contributed by atoms with van der Waals surface area (Å²) in [6, 6.07) is 13.9. The molecule has 0 unspecified atom stereocenters. The van der Waals surface area contributed by atoms with Crippen LogP contribution in [0.2, 0.25) is 5.02 Å². The van der Waals surface area contributed by atoms with Crippen LogP contribution in [-0.2, 0) is 11.3 Å². The number of halogens is 1. The summed E-state index contributed by atoms with van der Waals surface area (Å²) in [5, 5.41) is 4.62. The Morgan fingerprint density at radius 1 is 1.16 bits per heavy atom. The van der Waals surface area contributed by atoms with Crippen LogP contribution in [0.1, 0.15) is 39.5 Å². The van der Waals surface area contributed by atoms with Crippen molar-refractivity contribution in [3.8, 4) is 17.0 Å². The van der Waals surface area contributed by atoms with Gasteiger partial charge in [-0.25, -0.2) is 4.79 Å². The second-order valence-corrected chi connectivity index (χ2v) is 9.36. The fourth-order valence-corrected chi connectivity index (χ4v) is 4.63. The molecule has 1 amide bonds. The molecule has 32 heavy (non-hydrogen) atoms. The van der Waals surface area contributed by atoms with Gasteiger partial charge in [0.15, 0.2) is 0 Å². The van der Waals surface area contributed by atoms with Gasteiger partial charge in [0.25, 0.3) is 0 Å². The van der Waals surface area contributed by atoms with Crippen molar-refractivity contribution < 1.29 is 14.3 Å². The topological polar surface area (TPSA) is 52.5 Å². The van der Waals surface area contributed by atoms with Gasteiger partial charge in [0, 0.05) is 23.7 Å². The SMILES string of the molecule is CCOc1ccc2c(Cl)c(-c3ccc(NC(=O)O[C@H](C)C4CC4)cc3)n(CC3CC3)c2c1. The number of aromatic nitrogens is 1. The molecule has 2 aliphatic carbocycles. The van der Waals surface area contributed by atoms with Crippen LogP contribution in [0.5, 0.6) is 5.75 Å². The first kappa shape index (κ1) is 21.2. The first-order valence-corrected chi connectivity index (χ1v) is 11.9. The number of nitrogens with zero attached hydrogens (tertiary/aromatic N) is 1. The fourth-order valence-electron chi connectivity index (χ4n) is 4.26. The molecule has 0 saturated heterocycles. The molecule has 2 saturated carbocycles. The van der Waals surface area contributed by atoms with Gasteiger partial charge in [0.2, 0.25) is 0 Å². The molecule has 5 nitrogen and oxygen atoms in total. The quantitative estimate of drug-likeness (QED) is 0.396. The van der Waals surface area contributed by atoms with Crippen LogP contribution in [0.15, 0.2) is 42.5 Å². The molecule has 2 aliphatic rings. The Hall–Kier alpha value is -2.66. The van der Waals surface area contributed by atoms with E-state index >= 15 is 0 Å². The van der Waals surface area contributed by atoms with Crippen molar-refractivity contribution in [2.75, 3.05) is 11.9 Å². The third-order valence-electron chi connectivity index (χ3n) is 6.41. The van der Waals surface area contributed by atoms with E-state index in [-0.39, 0.29) is 6.10 Å². The third kappa shape index (κ3) is 4.44. The van der Waals surface area contributed by atoms with Crippen LogP contribution >= 0.6 is 11.6 Å². The van der Waals surface area contributed by atoms with E-state index < -0.39 is 6.09 Å². The number of fused-ring (bicyclic) bond motifs is 1. The molecular weight excluding hydrogens is 424 g/mol. The van der Waals surface area contributed by atoms with Crippen LogP contribution in [0.25, 0.3) is 22.2 Å². The van der Waals surface area contributed by atoms with Crippen LogP contribution in [0.4, 0.5) is 10.5 Å². The van der Waals surface area contributed by atoms with Crippen molar-refractivity contribution in [1.29, 1.82) is 0 Å². The van der Waals surface area contributed by atoms with Crippen LogP contribution in [-0.4, -0.2) is 23.4 Å². The lowest BCUT2D eigenvalue weighted by Crippen LogP contribution is -2.21. The largest absolute Gasteiger partial charge is 0.494 e. The second-order valence-electron chi connectivity index (χ2n) is 8.98. The van der Waals surface area contributed by atoms with E-state index in [4.69, 9.17) is 21.1 Å². The lowest BCUT2D eigenvalue weighted by molar-refractivity contribution is 0.108. The molecule has 2 aromatic carbocycles. The van der Waals surface area contributed by atoms with Crippen molar-refractivity contribution in [3.63, 3.8) is 0 Å². The molecule has 1 atom stereocenters. The molecule has 3 aromatic rings. The number of rotatable bonds is 8. The van der Waals surface area contributed by atoms with E-state index in [9.17, 15) is 4.79 Å². The first-order chi connectivity index (χ1) is 15.5. The normalized spacial score (nSPS) is 16.7. The fraction of sp³-hybridized carbons (Fsp3) is 0.423. The number of anilines is 1. The molecule has 0 bridgehead atoms. The minimum Gasteiger partial charge on any atom is -0.494 e. The van der Waals surface area contributed by atoms with Crippen LogP contribution in [0, 0.1) is 11.8 Å². The summed E-state index contributed by atoms with van der Waals surface area (Å²) < 4.78 is 13.5. The molecule has 0 spiro atoms. The third-order valence-corrected chi connectivity index (χ3v) is 6.79. The number of carbonyl (C=O) groups is 1. The number of hydrogen-bond donors (Lipinski definition) is 1. The van der Waals surface area contributed by atoms with Crippen molar-refractivity contribution in [3.05, 3.63) is 47.5 Å². The van der Waals surface area contributed by atoms with Gasteiger partial charge >= 0.3 is 6.09 Å². The van der Waals surface area contributed by atoms with Crippen LogP contribution in [0.3, 0.4) is 0 Å². The molecule has 0 aliphatic heterocycles. The summed E-state index contributed by atoms with van der Waals surface area (Å²) in [6.07, 6.45) is 4.36. The molecule has 6 heteroatoms. The van der Waals surface area contributed by atoms with Crippen LogP contribution < -0.4 is 10.1 Å². The molecular formula is C26H29ClN2O3. The summed E-state index contributed by atoms with van der Waals surface area (Å²) in [6.45, 7) is 5.52. The lowest BCUT2D eigenvalue weighted by atomic mass is 10.1. The Morgan fingerprint density at radius 2 is 1.91 bits per heavy atom. The Morgan fingerprint density at radius 3 is 2.56 bits per heavy atom. The Balaban J connectivity index is 1.42. The Kier molecular flexibility index (Phi) is 5.76. The highest BCUT2D eigenvalue weighted by Gasteiger charge is 2.30. The maximum absolute atomic E-state index is 12.2. The zero-order chi connectivity index (χ0) is 22.2. The summed E-state index contributed by atoms with van der Waals surface area (Å²) in [5.41, 5.74) is 3.85. The number of amides is 1. The molecule has 168 valence electrons. The number of nitrogens with one attached hydrogen (secondary N) is 1. The zero-order valence-electron chi connectivity index (χ0n) is 18.6.